The molecule has 6 nitrogen and oxygen atoms in total. The second kappa shape index (κ2) is 7.05. The van der Waals surface area contributed by atoms with E-state index in [1.54, 1.807) is 25.1 Å². The zero-order valence-corrected chi connectivity index (χ0v) is 13.4. The van der Waals surface area contributed by atoms with Crippen molar-refractivity contribution in [1.82, 2.24) is 5.32 Å². The third kappa shape index (κ3) is 3.95. The van der Waals surface area contributed by atoms with Gasteiger partial charge in [0.1, 0.15) is 5.54 Å². The van der Waals surface area contributed by atoms with Gasteiger partial charge in [0.25, 0.3) is 5.91 Å². The molecule has 0 bridgehead atoms. The van der Waals surface area contributed by atoms with Gasteiger partial charge in [0.2, 0.25) is 6.79 Å². The van der Waals surface area contributed by atoms with E-state index in [-0.39, 0.29) is 6.79 Å². The molecule has 1 amide bonds. The van der Waals surface area contributed by atoms with Gasteiger partial charge >= 0.3 is 5.97 Å². The zero-order chi connectivity index (χ0) is 16.9. The lowest BCUT2D eigenvalue weighted by atomic mass is 9.96. The fourth-order valence-electron chi connectivity index (χ4n) is 2.33. The Morgan fingerprint density at radius 3 is 2.78 bits per heavy atom. The number of hydrogen-bond acceptors (Lipinski definition) is 5. The van der Waals surface area contributed by atoms with Gasteiger partial charge in [-0.05, 0) is 31.5 Å². The van der Waals surface area contributed by atoms with Crippen molar-refractivity contribution in [3.8, 4) is 23.3 Å². The molecule has 2 rings (SSSR count). The number of hydrogen-bond donors (Lipinski definition) is 1. The number of benzene rings is 1. The summed E-state index contributed by atoms with van der Waals surface area (Å²) in [7, 11) is 1.29. The maximum atomic E-state index is 12.0. The summed E-state index contributed by atoms with van der Waals surface area (Å²) in [5, 5.41) is 2.62. The minimum absolute atomic E-state index is 0.182. The van der Waals surface area contributed by atoms with Gasteiger partial charge in [-0.1, -0.05) is 19.3 Å². The molecule has 1 N–H and O–H groups in total. The Morgan fingerprint density at radius 1 is 1.35 bits per heavy atom. The summed E-state index contributed by atoms with van der Waals surface area (Å²) in [5.41, 5.74) is -0.455. The molecule has 0 spiro atoms. The van der Waals surface area contributed by atoms with Gasteiger partial charge in [0.15, 0.2) is 11.5 Å². The number of fused-ring (bicyclic) bond motifs is 1. The summed E-state index contributed by atoms with van der Waals surface area (Å²) in [6.45, 7) is 3.73. The lowest BCUT2D eigenvalue weighted by Crippen LogP contribution is -2.52. The Bertz CT molecular complexity index is 673. The van der Waals surface area contributed by atoms with Crippen LogP contribution in [0, 0.1) is 11.8 Å². The lowest BCUT2D eigenvalue weighted by Gasteiger charge is -2.26. The summed E-state index contributed by atoms with van der Waals surface area (Å²) < 4.78 is 15.2. The van der Waals surface area contributed by atoms with Crippen LogP contribution in [-0.4, -0.2) is 31.3 Å². The summed E-state index contributed by atoms with van der Waals surface area (Å²) in [6.07, 6.45) is 1.19. The van der Waals surface area contributed by atoms with Crippen LogP contribution >= 0.6 is 0 Å². The van der Waals surface area contributed by atoms with Crippen molar-refractivity contribution in [2.75, 3.05) is 13.9 Å². The molecule has 0 saturated carbocycles. The lowest BCUT2D eigenvalue weighted by molar-refractivity contribution is -0.149. The van der Waals surface area contributed by atoms with Crippen LogP contribution in [0.1, 0.15) is 32.3 Å². The van der Waals surface area contributed by atoms with Gasteiger partial charge in [0, 0.05) is 11.5 Å². The third-order valence-corrected chi connectivity index (χ3v) is 3.47. The van der Waals surface area contributed by atoms with Crippen LogP contribution in [0.4, 0.5) is 0 Å². The Kier molecular flexibility index (Phi) is 5.12. The highest BCUT2D eigenvalue weighted by molar-refractivity contribution is 5.98. The Hall–Kier alpha value is -2.68. The molecule has 1 heterocycles. The number of carbonyl (C=O) groups excluding carboxylic acids is 2. The number of methoxy groups -OCH3 is 1. The minimum Gasteiger partial charge on any atom is -0.467 e. The quantitative estimate of drug-likeness (QED) is 0.675. The minimum atomic E-state index is -1.08. The van der Waals surface area contributed by atoms with E-state index < -0.39 is 17.4 Å². The maximum absolute atomic E-state index is 12.0. The highest BCUT2D eigenvalue weighted by Gasteiger charge is 2.34. The second-order valence-corrected chi connectivity index (χ2v) is 5.35. The molecule has 0 fully saturated rings. The molecule has 122 valence electrons. The third-order valence-electron chi connectivity index (χ3n) is 3.47. The first-order valence-corrected chi connectivity index (χ1v) is 7.30. The Morgan fingerprint density at radius 2 is 2.09 bits per heavy atom. The second-order valence-electron chi connectivity index (χ2n) is 5.35. The van der Waals surface area contributed by atoms with Crippen molar-refractivity contribution in [2.24, 2.45) is 0 Å². The van der Waals surface area contributed by atoms with Crippen molar-refractivity contribution in [1.29, 1.82) is 0 Å². The zero-order valence-electron chi connectivity index (χ0n) is 13.4. The number of carbonyl (C=O) groups is 2. The van der Waals surface area contributed by atoms with Crippen LogP contribution in [0.25, 0.3) is 0 Å². The van der Waals surface area contributed by atoms with Crippen LogP contribution in [0.15, 0.2) is 18.2 Å². The number of amides is 1. The Labute approximate surface area is 135 Å². The molecule has 1 aromatic carbocycles. The van der Waals surface area contributed by atoms with Crippen molar-refractivity contribution < 1.29 is 23.8 Å². The molecule has 0 saturated heterocycles. The summed E-state index contributed by atoms with van der Waals surface area (Å²) >= 11 is 0. The molecule has 6 heteroatoms. The monoisotopic (exact) mass is 317 g/mol. The summed E-state index contributed by atoms with van der Waals surface area (Å²) in [5.74, 6) is 5.45. The molecule has 0 unspecified atom stereocenters. The molecular weight excluding hydrogens is 298 g/mol. The molecule has 1 aliphatic heterocycles. The number of rotatable bonds is 4. The van der Waals surface area contributed by atoms with E-state index in [1.165, 1.54) is 7.11 Å². The van der Waals surface area contributed by atoms with E-state index in [1.807, 2.05) is 6.92 Å². The predicted molar refractivity (Wildman–Crippen MR) is 82.9 cm³/mol. The fourth-order valence-corrected chi connectivity index (χ4v) is 2.33. The molecule has 23 heavy (non-hydrogen) atoms. The van der Waals surface area contributed by atoms with Crippen LogP contribution in [-0.2, 0) is 14.3 Å². The number of ether oxygens (including phenoxy) is 3. The van der Waals surface area contributed by atoms with Gasteiger partial charge in [-0.25, -0.2) is 4.79 Å². The molecule has 0 aliphatic carbocycles. The molecule has 1 aromatic rings. The number of nitrogens with one attached hydrogen (secondary N) is 1. The average molecular weight is 317 g/mol. The first-order valence-electron chi connectivity index (χ1n) is 7.30. The van der Waals surface area contributed by atoms with Crippen LogP contribution in [0.5, 0.6) is 11.5 Å². The standard InChI is InChI=1S/C17H19NO5/c1-4-9-17(2,16(20)21-3)18-15(19)8-6-12-5-7-13-14(10-12)23-11-22-13/h5,7,10H,4,9,11H2,1-3H3,(H,18,19)/t17-/m1/s1. The summed E-state index contributed by atoms with van der Waals surface area (Å²) in [4.78, 5) is 23.9. The van der Waals surface area contributed by atoms with Crippen LogP contribution in [0.2, 0.25) is 0 Å². The van der Waals surface area contributed by atoms with E-state index in [9.17, 15) is 9.59 Å². The van der Waals surface area contributed by atoms with Gasteiger partial charge in [-0.3, -0.25) is 4.79 Å². The van der Waals surface area contributed by atoms with Gasteiger partial charge in [-0.15, -0.1) is 0 Å². The molecule has 1 atom stereocenters. The van der Waals surface area contributed by atoms with Crippen LogP contribution < -0.4 is 14.8 Å². The normalized spacial score (nSPS) is 14.2. The molecule has 0 aromatic heterocycles. The molecule has 1 aliphatic rings. The molecule has 0 radical (unpaired) electrons. The van der Waals surface area contributed by atoms with E-state index in [2.05, 4.69) is 17.2 Å². The van der Waals surface area contributed by atoms with Crippen molar-refractivity contribution in [3.63, 3.8) is 0 Å². The first-order chi connectivity index (χ1) is 11.0. The number of esters is 1. The predicted octanol–water partition coefficient (Wildman–Crippen LogP) is 1.61. The topological polar surface area (TPSA) is 73.9 Å². The summed E-state index contributed by atoms with van der Waals surface area (Å²) in [6, 6.07) is 5.17. The van der Waals surface area contributed by atoms with E-state index >= 15 is 0 Å². The molecular formula is C17H19NO5. The Balaban J connectivity index is 2.08. The van der Waals surface area contributed by atoms with E-state index in [0.717, 1.165) is 6.42 Å². The smallest absolute Gasteiger partial charge is 0.331 e. The van der Waals surface area contributed by atoms with Crippen molar-refractivity contribution >= 4 is 11.9 Å². The SMILES string of the molecule is CCC[C@@](C)(NC(=O)C#Cc1ccc2c(c1)OCO2)C(=O)OC. The highest BCUT2D eigenvalue weighted by Crippen LogP contribution is 2.32. The first kappa shape index (κ1) is 16.7. The van der Waals surface area contributed by atoms with Crippen molar-refractivity contribution in [3.05, 3.63) is 23.8 Å². The fraction of sp³-hybridized carbons (Fsp3) is 0.412. The van der Waals surface area contributed by atoms with Gasteiger partial charge in [-0.2, -0.15) is 0 Å². The van der Waals surface area contributed by atoms with Gasteiger partial charge < -0.3 is 19.5 Å². The van der Waals surface area contributed by atoms with E-state index in [0.29, 0.717) is 23.5 Å². The highest BCUT2D eigenvalue weighted by atomic mass is 16.7. The maximum Gasteiger partial charge on any atom is 0.331 e. The van der Waals surface area contributed by atoms with Crippen molar-refractivity contribution in [2.45, 2.75) is 32.2 Å². The van der Waals surface area contributed by atoms with Crippen LogP contribution in [0.3, 0.4) is 0 Å². The average Bonchev–Trinajstić information content (AvgIpc) is 2.99. The van der Waals surface area contributed by atoms with Gasteiger partial charge in [0.05, 0.1) is 7.11 Å². The van der Waals surface area contributed by atoms with E-state index in [4.69, 9.17) is 14.2 Å². The largest absolute Gasteiger partial charge is 0.467 e.